The molecule has 0 bridgehead atoms. The molecular formula is C8H11NO2. The lowest BCUT2D eigenvalue weighted by molar-refractivity contribution is -0.124. The number of nitrogens with zero attached hydrogens (tertiary/aromatic N) is 1. The number of hydrogen-bond acceptors (Lipinski definition) is 2. The van der Waals surface area contributed by atoms with Crippen LogP contribution in [0.4, 0.5) is 0 Å². The van der Waals surface area contributed by atoms with Crippen LogP contribution in [0, 0.1) is 0 Å². The minimum atomic E-state index is 0.141. The van der Waals surface area contributed by atoms with Crippen LogP contribution in [0.2, 0.25) is 0 Å². The summed E-state index contributed by atoms with van der Waals surface area (Å²) in [5.74, 6) is 0.141. The molecule has 3 atom stereocenters. The van der Waals surface area contributed by atoms with Crippen LogP contribution in [-0.2, 0) is 9.53 Å². The fourth-order valence-electron chi connectivity index (χ4n) is 1.73. The lowest BCUT2D eigenvalue weighted by atomic mass is 10.2. The molecule has 0 aliphatic carbocycles. The molecular weight excluding hydrogens is 142 g/mol. The molecule has 0 unspecified atom stereocenters. The van der Waals surface area contributed by atoms with Gasteiger partial charge in [-0.15, -0.1) is 0 Å². The van der Waals surface area contributed by atoms with Crippen LogP contribution in [0.25, 0.3) is 0 Å². The van der Waals surface area contributed by atoms with Crippen molar-refractivity contribution in [2.24, 2.45) is 0 Å². The summed E-state index contributed by atoms with van der Waals surface area (Å²) in [5, 5.41) is 0. The van der Waals surface area contributed by atoms with E-state index < -0.39 is 0 Å². The largest absolute Gasteiger partial charge is 0.496 e. The number of rotatable bonds is 0. The van der Waals surface area contributed by atoms with Crippen LogP contribution in [0.1, 0.15) is 13.8 Å². The molecule has 0 aromatic heterocycles. The lowest BCUT2D eigenvalue weighted by Gasteiger charge is -2.11. The summed E-state index contributed by atoms with van der Waals surface area (Å²) in [6.07, 6.45) is 3.79. The summed E-state index contributed by atoms with van der Waals surface area (Å²) in [7, 11) is 0. The van der Waals surface area contributed by atoms with Crippen molar-refractivity contribution in [1.29, 1.82) is 0 Å². The zero-order chi connectivity index (χ0) is 8.01. The Morgan fingerprint density at radius 2 is 2.36 bits per heavy atom. The molecule has 0 N–H and O–H groups in total. The molecule has 1 amide bonds. The van der Waals surface area contributed by atoms with Crippen molar-refractivity contribution in [3.8, 4) is 0 Å². The second-order valence-corrected chi connectivity index (χ2v) is 3.08. The highest BCUT2D eigenvalue weighted by Crippen LogP contribution is 2.36. The van der Waals surface area contributed by atoms with Crippen LogP contribution in [0.3, 0.4) is 0 Å². The number of amides is 1. The maximum atomic E-state index is 11.0. The Balaban J connectivity index is 2.13. The SMILES string of the molecule is CC(=O)N1[C@@H]2[C@H]1C=CO[C@@H]2C. The second-order valence-electron chi connectivity index (χ2n) is 3.08. The van der Waals surface area contributed by atoms with Gasteiger partial charge in [0, 0.05) is 6.92 Å². The third kappa shape index (κ3) is 0.836. The fourth-order valence-corrected chi connectivity index (χ4v) is 1.73. The number of carbonyl (C=O) groups is 1. The van der Waals surface area contributed by atoms with Gasteiger partial charge in [0.05, 0.1) is 18.3 Å². The van der Waals surface area contributed by atoms with E-state index in [9.17, 15) is 4.79 Å². The summed E-state index contributed by atoms with van der Waals surface area (Å²) in [5.41, 5.74) is 0. The molecule has 11 heavy (non-hydrogen) atoms. The molecule has 2 aliphatic rings. The van der Waals surface area contributed by atoms with E-state index in [1.165, 1.54) is 0 Å². The Kier molecular flexibility index (Phi) is 1.22. The van der Waals surface area contributed by atoms with Gasteiger partial charge in [-0.25, -0.2) is 0 Å². The normalized spacial score (nSPS) is 39.5. The highest BCUT2D eigenvalue weighted by Gasteiger charge is 2.53. The molecule has 0 saturated carbocycles. The highest BCUT2D eigenvalue weighted by atomic mass is 16.5. The van der Waals surface area contributed by atoms with Crippen LogP contribution in [0.5, 0.6) is 0 Å². The van der Waals surface area contributed by atoms with Gasteiger partial charge in [0.25, 0.3) is 0 Å². The number of carbonyl (C=O) groups excluding carboxylic acids is 1. The standard InChI is InChI=1S/C8H11NO2/c1-5-8-7(3-4-11-5)9(8)6(2)10/h3-5,7-8H,1-2H3/t5-,7-,8+,9?/m1/s1. The first-order valence-electron chi connectivity index (χ1n) is 3.83. The highest BCUT2D eigenvalue weighted by molar-refractivity contribution is 5.78. The van der Waals surface area contributed by atoms with Crippen molar-refractivity contribution in [2.75, 3.05) is 0 Å². The summed E-state index contributed by atoms with van der Waals surface area (Å²) in [6, 6.07) is 0.619. The smallest absolute Gasteiger partial charge is 0.220 e. The van der Waals surface area contributed by atoms with Gasteiger partial charge in [0.1, 0.15) is 6.10 Å². The Bertz CT molecular complexity index is 224. The van der Waals surface area contributed by atoms with E-state index >= 15 is 0 Å². The van der Waals surface area contributed by atoms with E-state index in [0.29, 0.717) is 12.1 Å². The van der Waals surface area contributed by atoms with Crippen LogP contribution in [-0.4, -0.2) is 29.0 Å². The van der Waals surface area contributed by atoms with Gasteiger partial charge in [-0.3, -0.25) is 4.79 Å². The summed E-state index contributed by atoms with van der Waals surface area (Å²) in [4.78, 5) is 12.8. The summed E-state index contributed by atoms with van der Waals surface area (Å²) < 4.78 is 5.24. The molecule has 0 radical (unpaired) electrons. The van der Waals surface area contributed by atoms with Crippen molar-refractivity contribution < 1.29 is 9.53 Å². The Morgan fingerprint density at radius 3 is 2.91 bits per heavy atom. The molecule has 1 fully saturated rings. The first-order chi connectivity index (χ1) is 5.22. The Labute approximate surface area is 65.6 Å². The number of fused-ring (bicyclic) bond motifs is 1. The number of hydrogen-bond donors (Lipinski definition) is 0. The van der Waals surface area contributed by atoms with Crippen molar-refractivity contribution in [3.63, 3.8) is 0 Å². The Hall–Kier alpha value is -0.990. The first kappa shape index (κ1) is 6.70. The lowest BCUT2D eigenvalue weighted by Crippen LogP contribution is -2.20. The van der Waals surface area contributed by atoms with E-state index in [1.54, 1.807) is 13.2 Å². The average Bonchev–Trinajstić information content (AvgIpc) is 2.62. The van der Waals surface area contributed by atoms with Crippen molar-refractivity contribution in [2.45, 2.75) is 32.0 Å². The molecule has 3 heteroatoms. The third-order valence-corrected chi connectivity index (χ3v) is 2.32. The summed E-state index contributed by atoms with van der Waals surface area (Å²) in [6.45, 7) is 3.59. The summed E-state index contributed by atoms with van der Waals surface area (Å²) >= 11 is 0. The molecule has 2 aliphatic heterocycles. The van der Waals surface area contributed by atoms with Crippen LogP contribution in [0.15, 0.2) is 12.3 Å². The van der Waals surface area contributed by atoms with Gasteiger partial charge in [0.2, 0.25) is 5.91 Å². The topological polar surface area (TPSA) is 29.3 Å². The second kappa shape index (κ2) is 2.00. The zero-order valence-electron chi connectivity index (χ0n) is 6.65. The van der Waals surface area contributed by atoms with Gasteiger partial charge < -0.3 is 9.64 Å². The average molecular weight is 153 g/mol. The predicted octanol–water partition coefficient (Wildman–Crippen LogP) is 0.518. The molecule has 3 nitrogen and oxygen atoms in total. The van der Waals surface area contributed by atoms with Gasteiger partial charge in [0.15, 0.2) is 0 Å². The fraction of sp³-hybridized carbons (Fsp3) is 0.625. The van der Waals surface area contributed by atoms with E-state index in [2.05, 4.69) is 0 Å². The van der Waals surface area contributed by atoms with E-state index in [0.717, 1.165) is 0 Å². The molecule has 0 spiro atoms. The number of ether oxygens (including phenoxy) is 1. The quantitative estimate of drug-likeness (QED) is 0.475. The van der Waals surface area contributed by atoms with Crippen LogP contribution >= 0.6 is 0 Å². The van der Waals surface area contributed by atoms with E-state index in [-0.39, 0.29) is 12.0 Å². The van der Waals surface area contributed by atoms with Crippen LogP contribution < -0.4 is 0 Å². The van der Waals surface area contributed by atoms with Gasteiger partial charge in [-0.2, -0.15) is 0 Å². The van der Waals surface area contributed by atoms with Crippen molar-refractivity contribution in [1.82, 2.24) is 4.90 Å². The first-order valence-corrected chi connectivity index (χ1v) is 3.83. The predicted molar refractivity (Wildman–Crippen MR) is 39.8 cm³/mol. The minimum absolute atomic E-state index is 0.141. The van der Waals surface area contributed by atoms with Gasteiger partial charge in [-0.1, -0.05) is 0 Å². The molecule has 0 aromatic carbocycles. The Morgan fingerprint density at radius 1 is 1.64 bits per heavy atom. The minimum Gasteiger partial charge on any atom is -0.496 e. The van der Waals surface area contributed by atoms with E-state index in [1.807, 2.05) is 17.9 Å². The monoisotopic (exact) mass is 153 g/mol. The molecule has 2 rings (SSSR count). The zero-order valence-corrected chi connectivity index (χ0v) is 6.65. The van der Waals surface area contributed by atoms with Crippen molar-refractivity contribution in [3.05, 3.63) is 12.3 Å². The third-order valence-electron chi connectivity index (χ3n) is 2.32. The van der Waals surface area contributed by atoms with Gasteiger partial charge in [-0.05, 0) is 13.0 Å². The molecule has 1 saturated heterocycles. The maximum absolute atomic E-state index is 11.0. The maximum Gasteiger partial charge on any atom is 0.220 e. The molecule has 2 heterocycles. The van der Waals surface area contributed by atoms with Crippen molar-refractivity contribution >= 4 is 5.91 Å². The molecule has 60 valence electrons. The molecule has 0 aromatic rings. The van der Waals surface area contributed by atoms with Gasteiger partial charge >= 0.3 is 0 Å². The van der Waals surface area contributed by atoms with E-state index in [4.69, 9.17) is 4.74 Å².